The SMILES string of the molecule is C[C@@H](OC(=O)Cn1ccccc1=O)C(=O)Nc1ccc(F)c(F)c1F. The summed E-state index contributed by atoms with van der Waals surface area (Å²) in [5.41, 5.74) is -1.02. The third-order valence-electron chi connectivity index (χ3n) is 3.17. The Morgan fingerprint density at radius 1 is 1.16 bits per heavy atom. The van der Waals surface area contributed by atoms with Gasteiger partial charge in [-0.25, -0.2) is 13.2 Å². The van der Waals surface area contributed by atoms with Gasteiger partial charge in [0.25, 0.3) is 11.5 Å². The highest BCUT2D eigenvalue weighted by molar-refractivity contribution is 5.95. The van der Waals surface area contributed by atoms with Gasteiger partial charge in [-0.2, -0.15) is 0 Å². The van der Waals surface area contributed by atoms with Crippen LogP contribution in [-0.4, -0.2) is 22.5 Å². The lowest BCUT2D eigenvalue weighted by Gasteiger charge is -2.14. The predicted molar refractivity (Wildman–Crippen MR) is 81.2 cm³/mol. The van der Waals surface area contributed by atoms with E-state index in [1.807, 2.05) is 5.32 Å². The van der Waals surface area contributed by atoms with Crippen LogP contribution in [-0.2, 0) is 20.9 Å². The molecule has 1 amide bonds. The van der Waals surface area contributed by atoms with Crippen LogP contribution in [0.2, 0.25) is 0 Å². The number of benzene rings is 1. The second-order valence-corrected chi connectivity index (χ2v) is 5.01. The highest BCUT2D eigenvalue weighted by Crippen LogP contribution is 2.19. The van der Waals surface area contributed by atoms with Crippen LogP contribution in [0.15, 0.2) is 41.3 Å². The first kappa shape index (κ1) is 18.2. The minimum atomic E-state index is -1.73. The largest absolute Gasteiger partial charge is 0.451 e. The molecule has 1 aromatic heterocycles. The highest BCUT2D eigenvalue weighted by atomic mass is 19.2. The van der Waals surface area contributed by atoms with Gasteiger partial charge in [-0.05, 0) is 25.1 Å². The van der Waals surface area contributed by atoms with Crippen molar-refractivity contribution in [1.82, 2.24) is 4.57 Å². The van der Waals surface area contributed by atoms with E-state index in [-0.39, 0.29) is 0 Å². The van der Waals surface area contributed by atoms with Crippen molar-refractivity contribution in [3.63, 3.8) is 0 Å². The minimum Gasteiger partial charge on any atom is -0.451 e. The lowest BCUT2D eigenvalue weighted by Crippen LogP contribution is -2.33. The van der Waals surface area contributed by atoms with Crippen molar-refractivity contribution in [1.29, 1.82) is 0 Å². The van der Waals surface area contributed by atoms with Gasteiger partial charge in [0.05, 0.1) is 5.69 Å². The van der Waals surface area contributed by atoms with E-state index in [4.69, 9.17) is 4.74 Å². The Balaban J connectivity index is 1.98. The Hall–Kier alpha value is -3.10. The van der Waals surface area contributed by atoms with E-state index in [0.717, 1.165) is 10.6 Å². The number of rotatable bonds is 5. The van der Waals surface area contributed by atoms with E-state index in [0.29, 0.717) is 6.07 Å². The van der Waals surface area contributed by atoms with Crippen molar-refractivity contribution < 1.29 is 27.5 Å². The van der Waals surface area contributed by atoms with Crippen molar-refractivity contribution in [3.8, 4) is 0 Å². The molecule has 0 aliphatic heterocycles. The Morgan fingerprint density at radius 3 is 2.56 bits per heavy atom. The topological polar surface area (TPSA) is 77.4 Å². The smallest absolute Gasteiger partial charge is 0.326 e. The molecule has 0 fully saturated rings. The second-order valence-electron chi connectivity index (χ2n) is 5.01. The first-order valence-corrected chi connectivity index (χ1v) is 7.09. The molecule has 0 aliphatic carbocycles. The monoisotopic (exact) mass is 354 g/mol. The van der Waals surface area contributed by atoms with Crippen molar-refractivity contribution in [2.45, 2.75) is 19.6 Å². The van der Waals surface area contributed by atoms with Gasteiger partial charge in [0, 0.05) is 12.3 Å². The van der Waals surface area contributed by atoms with Crippen LogP contribution in [0.1, 0.15) is 6.92 Å². The van der Waals surface area contributed by atoms with Gasteiger partial charge in [-0.1, -0.05) is 6.07 Å². The number of aromatic nitrogens is 1. The highest BCUT2D eigenvalue weighted by Gasteiger charge is 2.21. The summed E-state index contributed by atoms with van der Waals surface area (Å²) < 4.78 is 45.4. The van der Waals surface area contributed by atoms with Crippen molar-refractivity contribution >= 4 is 17.6 Å². The van der Waals surface area contributed by atoms with Crippen LogP contribution in [0.25, 0.3) is 0 Å². The van der Waals surface area contributed by atoms with Gasteiger partial charge in [-0.3, -0.25) is 14.4 Å². The van der Waals surface area contributed by atoms with E-state index in [1.54, 1.807) is 0 Å². The Kier molecular flexibility index (Phi) is 5.58. The molecule has 2 rings (SSSR count). The summed E-state index contributed by atoms with van der Waals surface area (Å²) in [6.07, 6.45) is 0.0183. The average Bonchev–Trinajstić information content (AvgIpc) is 2.57. The number of halogens is 3. The molecule has 2 aromatic rings. The molecule has 6 nitrogen and oxygen atoms in total. The number of carbonyl (C=O) groups excluding carboxylic acids is 2. The molecule has 1 atom stereocenters. The van der Waals surface area contributed by atoms with Gasteiger partial charge in [0.15, 0.2) is 23.6 Å². The molecule has 132 valence electrons. The zero-order valence-electron chi connectivity index (χ0n) is 13.0. The molecular weight excluding hydrogens is 341 g/mol. The fourth-order valence-corrected chi connectivity index (χ4v) is 1.88. The Bertz CT molecular complexity index is 867. The van der Waals surface area contributed by atoms with Gasteiger partial charge in [0.1, 0.15) is 6.54 Å². The quantitative estimate of drug-likeness (QED) is 0.657. The Morgan fingerprint density at radius 2 is 1.88 bits per heavy atom. The number of pyridine rings is 1. The number of nitrogens with zero attached hydrogens (tertiary/aromatic N) is 1. The third-order valence-corrected chi connectivity index (χ3v) is 3.17. The lowest BCUT2D eigenvalue weighted by molar-refractivity contribution is -0.153. The molecular formula is C16H13F3N2O4. The summed E-state index contributed by atoms with van der Waals surface area (Å²) in [5.74, 6) is -6.52. The van der Waals surface area contributed by atoms with Crippen molar-refractivity contribution in [2.24, 2.45) is 0 Å². The molecule has 1 aromatic carbocycles. The van der Waals surface area contributed by atoms with E-state index in [9.17, 15) is 27.6 Å². The van der Waals surface area contributed by atoms with E-state index in [2.05, 4.69) is 0 Å². The molecule has 0 unspecified atom stereocenters. The zero-order chi connectivity index (χ0) is 18.6. The molecule has 0 spiro atoms. The fraction of sp³-hybridized carbons (Fsp3) is 0.188. The summed E-state index contributed by atoms with van der Waals surface area (Å²) in [4.78, 5) is 35.1. The van der Waals surface area contributed by atoms with Crippen LogP contribution in [0.4, 0.5) is 18.9 Å². The number of ether oxygens (including phenoxy) is 1. The first-order chi connectivity index (χ1) is 11.8. The van der Waals surface area contributed by atoms with Crippen molar-refractivity contribution in [3.05, 3.63) is 64.3 Å². The van der Waals surface area contributed by atoms with Gasteiger partial charge in [-0.15, -0.1) is 0 Å². The van der Waals surface area contributed by atoms with Gasteiger partial charge < -0.3 is 14.6 Å². The standard InChI is InChI=1S/C16H13F3N2O4/c1-9(25-13(23)8-21-7-3-2-4-12(21)22)16(24)20-11-6-5-10(17)14(18)15(11)19/h2-7,9H,8H2,1H3,(H,20,24)/t9-/m1/s1. The van der Waals surface area contributed by atoms with Crippen LogP contribution in [0, 0.1) is 17.5 Å². The number of nitrogens with one attached hydrogen (secondary N) is 1. The average molecular weight is 354 g/mol. The fourth-order valence-electron chi connectivity index (χ4n) is 1.88. The first-order valence-electron chi connectivity index (χ1n) is 7.09. The van der Waals surface area contributed by atoms with Crippen LogP contribution >= 0.6 is 0 Å². The molecule has 0 saturated carbocycles. The number of hydrogen-bond acceptors (Lipinski definition) is 4. The van der Waals surface area contributed by atoms with E-state index >= 15 is 0 Å². The van der Waals surface area contributed by atoms with Gasteiger partial charge in [0.2, 0.25) is 0 Å². The molecule has 0 bridgehead atoms. The number of esters is 1. The van der Waals surface area contributed by atoms with Crippen LogP contribution in [0.5, 0.6) is 0 Å². The summed E-state index contributed by atoms with van der Waals surface area (Å²) in [6, 6.07) is 5.76. The summed E-state index contributed by atoms with van der Waals surface area (Å²) >= 11 is 0. The molecule has 1 heterocycles. The second kappa shape index (κ2) is 7.65. The lowest BCUT2D eigenvalue weighted by atomic mass is 10.2. The summed E-state index contributed by atoms with van der Waals surface area (Å²) in [7, 11) is 0. The summed E-state index contributed by atoms with van der Waals surface area (Å²) in [5, 5.41) is 1.99. The molecule has 0 saturated heterocycles. The van der Waals surface area contributed by atoms with Gasteiger partial charge >= 0.3 is 5.97 Å². The van der Waals surface area contributed by atoms with Crippen LogP contribution < -0.4 is 10.9 Å². The van der Waals surface area contributed by atoms with Crippen LogP contribution in [0.3, 0.4) is 0 Å². The summed E-state index contributed by atoms with van der Waals surface area (Å²) in [6.45, 7) is 0.787. The maximum Gasteiger partial charge on any atom is 0.326 e. The maximum absolute atomic E-state index is 13.5. The predicted octanol–water partition coefficient (Wildman–Crippen LogP) is 1.84. The number of amides is 1. The molecule has 25 heavy (non-hydrogen) atoms. The number of carbonyl (C=O) groups is 2. The Labute approximate surface area is 139 Å². The normalized spacial score (nSPS) is 11.7. The molecule has 9 heteroatoms. The number of anilines is 1. The zero-order valence-corrected chi connectivity index (χ0v) is 13.0. The molecule has 0 aliphatic rings. The molecule has 0 radical (unpaired) electrons. The number of hydrogen-bond donors (Lipinski definition) is 1. The van der Waals surface area contributed by atoms with Crippen molar-refractivity contribution in [2.75, 3.05) is 5.32 Å². The maximum atomic E-state index is 13.5. The third kappa shape index (κ3) is 4.46. The van der Waals surface area contributed by atoms with E-state index in [1.165, 1.54) is 31.3 Å². The van der Waals surface area contributed by atoms with E-state index < -0.39 is 53.2 Å². The minimum absolute atomic E-state index is 0.420. The molecule has 1 N–H and O–H groups in total.